The van der Waals surface area contributed by atoms with Crippen molar-refractivity contribution in [2.45, 2.75) is 38.1 Å². The lowest BCUT2D eigenvalue weighted by atomic mass is 10.1. The van der Waals surface area contributed by atoms with Crippen LogP contribution < -0.4 is 10.6 Å². The second kappa shape index (κ2) is 24.8. The monoisotopic (exact) mass is 679 g/mol. The van der Waals surface area contributed by atoms with E-state index in [2.05, 4.69) is 10.6 Å². The number of hydrogen-bond donors (Lipinski definition) is 7. The lowest BCUT2D eigenvalue weighted by Gasteiger charge is -2.28. The van der Waals surface area contributed by atoms with Crippen LogP contribution in [-0.2, 0) is 47.8 Å². The number of aliphatic carboxylic acids is 5. The lowest BCUT2D eigenvalue weighted by Crippen LogP contribution is -2.49. The van der Waals surface area contributed by atoms with Gasteiger partial charge in [0, 0.05) is 46.3 Å². The number of methoxy groups -OCH3 is 1. The predicted octanol–water partition coefficient (Wildman–Crippen LogP) is -2.94. The maximum atomic E-state index is 12.8. The third-order valence-corrected chi connectivity index (χ3v) is 6.25. The summed E-state index contributed by atoms with van der Waals surface area (Å²) in [5.41, 5.74) is 0. The number of carbonyl (C=O) groups excluding carboxylic acids is 3. The van der Waals surface area contributed by atoms with Crippen LogP contribution in [-0.4, -0.2) is 180 Å². The minimum Gasteiger partial charge on any atom is -0.480 e. The van der Waals surface area contributed by atoms with E-state index >= 15 is 0 Å². The van der Waals surface area contributed by atoms with Crippen molar-refractivity contribution in [2.75, 3.05) is 85.8 Å². The van der Waals surface area contributed by atoms with E-state index in [1.54, 1.807) is 0 Å². The first-order chi connectivity index (χ1) is 22.1. The Hall–Kier alpha value is -4.40. The average Bonchev–Trinajstić information content (AvgIpc) is 2.95. The van der Waals surface area contributed by atoms with Crippen LogP contribution in [0.1, 0.15) is 32.1 Å². The fourth-order valence-corrected chi connectivity index (χ4v) is 4.05. The van der Waals surface area contributed by atoms with E-state index in [-0.39, 0.29) is 65.2 Å². The van der Waals surface area contributed by atoms with Crippen molar-refractivity contribution in [3.63, 3.8) is 0 Å². The summed E-state index contributed by atoms with van der Waals surface area (Å²) in [7, 11) is 1.45. The number of carbonyl (C=O) groups is 8. The molecule has 1 atom stereocenters. The van der Waals surface area contributed by atoms with Crippen molar-refractivity contribution in [3.8, 4) is 0 Å². The first-order valence-corrected chi connectivity index (χ1v) is 14.6. The Kier molecular flexibility index (Phi) is 22.5. The number of ether oxygens (including phenoxy) is 2. The Bertz CT molecular complexity index is 986. The van der Waals surface area contributed by atoms with Gasteiger partial charge in [0.2, 0.25) is 11.8 Å². The van der Waals surface area contributed by atoms with Crippen LogP contribution in [0, 0.1) is 0 Å². The smallest absolute Gasteiger partial charge is 0.326 e. The van der Waals surface area contributed by atoms with Gasteiger partial charge in [-0.15, -0.1) is 0 Å². The van der Waals surface area contributed by atoms with Crippen LogP contribution in [0.2, 0.25) is 0 Å². The van der Waals surface area contributed by atoms with Crippen LogP contribution in [0.3, 0.4) is 0 Å². The number of carboxylic acid groups (broad SMARTS) is 5. The van der Waals surface area contributed by atoms with Crippen molar-refractivity contribution in [1.82, 2.24) is 25.3 Å². The number of rotatable bonds is 29. The molecule has 0 radical (unpaired) electrons. The fraction of sp³-hybridized carbons (Fsp3) is 0.704. The quantitative estimate of drug-likeness (QED) is 0.0307. The SMILES string of the molecule is COCCOC(=O)CCC(=O)NCCCC[C@H](NC(=O)CN(CCN(CC(=O)O)CC(=O)O)CCN(CC(=O)O)CC(=O)O)C(=O)O. The molecule has 0 aromatic carbocycles. The highest BCUT2D eigenvalue weighted by Gasteiger charge is 2.23. The molecule has 2 amide bonds. The van der Waals surface area contributed by atoms with Gasteiger partial charge in [0.1, 0.15) is 12.6 Å². The van der Waals surface area contributed by atoms with Crippen molar-refractivity contribution >= 4 is 47.6 Å². The molecule has 0 aliphatic carbocycles. The van der Waals surface area contributed by atoms with Crippen molar-refractivity contribution in [2.24, 2.45) is 0 Å². The number of esters is 1. The van der Waals surface area contributed by atoms with Gasteiger partial charge in [-0.2, -0.15) is 0 Å². The second-order valence-electron chi connectivity index (χ2n) is 10.3. The molecule has 0 aliphatic rings. The summed E-state index contributed by atoms with van der Waals surface area (Å²) in [5, 5.41) is 50.9. The fourth-order valence-electron chi connectivity index (χ4n) is 4.05. The third-order valence-electron chi connectivity index (χ3n) is 6.25. The molecule has 0 fully saturated rings. The van der Waals surface area contributed by atoms with Crippen LogP contribution >= 0.6 is 0 Å². The first kappa shape index (κ1) is 42.6. The number of nitrogens with zero attached hydrogens (tertiary/aromatic N) is 3. The van der Waals surface area contributed by atoms with E-state index in [1.165, 1.54) is 12.0 Å². The van der Waals surface area contributed by atoms with E-state index in [9.17, 15) is 43.5 Å². The Morgan fingerprint density at radius 1 is 0.617 bits per heavy atom. The minimum atomic E-state index is -1.33. The van der Waals surface area contributed by atoms with Gasteiger partial charge < -0.3 is 45.6 Å². The highest BCUT2D eigenvalue weighted by molar-refractivity contribution is 5.84. The molecule has 0 saturated carbocycles. The largest absolute Gasteiger partial charge is 0.480 e. The second-order valence-corrected chi connectivity index (χ2v) is 10.3. The lowest BCUT2D eigenvalue weighted by molar-refractivity contribution is -0.146. The number of hydrogen-bond acceptors (Lipinski definition) is 13. The van der Waals surface area contributed by atoms with E-state index in [1.807, 2.05) is 0 Å². The van der Waals surface area contributed by atoms with Crippen molar-refractivity contribution < 1.29 is 73.4 Å². The zero-order chi connectivity index (χ0) is 35.8. The molecule has 0 bridgehead atoms. The van der Waals surface area contributed by atoms with Gasteiger partial charge in [-0.25, -0.2) is 4.79 Å². The Morgan fingerprint density at radius 2 is 1.11 bits per heavy atom. The summed E-state index contributed by atoms with van der Waals surface area (Å²) in [6.07, 6.45) is 0.443. The van der Waals surface area contributed by atoms with Crippen LogP contribution in [0.5, 0.6) is 0 Å². The summed E-state index contributed by atoms with van der Waals surface area (Å²) in [6.45, 7) is -2.93. The molecule has 0 saturated heterocycles. The molecule has 268 valence electrons. The van der Waals surface area contributed by atoms with Gasteiger partial charge >= 0.3 is 35.8 Å². The summed E-state index contributed by atoms with van der Waals surface area (Å²) in [5.74, 6) is -8.23. The molecule has 0 heterocycles. The Labute approximate surface area is 270 Å². The molecular weight excluding hydrogens is 634 g/mol. The molecule has 0 aromatic heterocycles. The van der Waals surface area contributed by atoms with E-state index in [4.69, 9.17) is 29.9 Å². The van der Waals surface area contributed by atoms with Gasteiger partial charge in [-0.05, 0) is 19.3 Å². The molecule has 47 heavy (non-hydrogen) atoms. The molecule has 7 N–H and O–H groups in total. The molecule has 0 spiro atoms. The van der Waals surface area contributed by atoms with Gasteiger partial charge in [0.25, 0.3) is 0 Å². The summed E-state index contributed by atoms with van der Waals surface area (Å²) in [4.78, 5) is 96.2. The van der Waals surface area contributed by atoms with Gasteiger partial charge in [0.05, 0.1) is 45.8 Å². The zero-order valence-electron chi connectivity index (χ0n) is 26.3. The Morgan fingerprint density at radius 3 is 1.55 bits per heavy atom. The van der Waals surface area contributed by atoms with Crippen LogP contribution in [0.4, 0.5) is 0 Å². The molecule has 0 unspecified atom stereocenters. The predicted molar refractivity (Wildman–Crippen MR) is 158 cm³/mol. The number of carboxylic acids is 5. The Balaban J connectivity index is 5.12. The van der Waals surface area contributed by atoms with Gasteiger partial charge in [-0.1, -0.05) is 0 Å². The topological polar surface area (TPSA) is 290 Å². The van der Waals surface area contributed by atoms with E-state index in [0.29, 0.717) is 12.8 Å². The molecule has 0 aromatic rings. The summed E-state index contributed by atoms with van der Waals surface area (Å²) < 4.78 is 9.61. The summed E-state index contributed by atoms with van der Waals surface area (Å²) >= 11 is 0. The van der Waals surface area contributed by atoms with Gasteiger partial charge in [0.15, 0.2) is 0 Å². The van der Waals surface area contributed by atoms with Crippen molar-refractivity contribution in [3.05, 3.63) is 0 Å². The van der Waals surface area contributed by atoms with E-state index in [0.717, 1.165) is 9.80 Å². The number of nitrogens with one attached hydrogen (secondary N) is 2. The number of amides is 2. The zero-order valence-corrected chi connectivity index (χ0v) is 26.3. The highest BCUT2D eigenvalue weighted by Crippen LogP contribution is 2.03. The molecule has 0 aliphatic heterocycles. The normalized spacial score (nSPS) is 11.7. The average molecular weight is 680 g/mol. The minimum absolute atomic E-state index is 0.00122. The maximum absolute atomic E-state index is 12.8. The van der Waals surface area contributed by atoms with Crippen LogP contribution in [0.15, 0.2) is 0 Å². The third kappa shape index (κ3) is 24.5. The standard InChI is InChI=1S/C27H45N5O15/c1-46-12-13-47-26(43)6-5-20(33)28-7-3-2-4-19(27(44)45)29-21(34)14-30(8-10-31(15-22(35)36)16-23(37)38)9-11-32(17-24(39)40)18-25(41)42/h19H,2-18H2,1H3,(H,28,33)(H,29,34)(H,35,36)(H,37,38)(H,39,40)(H,41,42)(H,44,45)/t19-/m0/s1. The first-order valence-electron chi connectivity index (χ1n) is 14.6. The highest BCUT2D eigenvalue weighted by atomic mass is 16.6. The maximum Gasteiger partial charge on any atom is 0.326 e. The molecule has 0 rings (SSSR count). The van der Waals surface area contributed by atoms with Crippen molar-refractivity contribution in [1.29, 1.82) is 0 Å². The summed E-state index contributed by atoms with van der Waals surface area (Å²) in [6, 6.07) is -1.31. The van der Waals surface area contributed by atoms with Gasteiger partial charge in [-0.3, -0.25) is 48.3 Å². The molecule has 20 heteroatoms. The van der Waals surface area contributed by atoms with Crippen LogP contribution in [0.25, 0.3) is 0 Å². The van der Waals surface area contributed by atoms with E-state index < -0.39 is 86.4 Å². The number of unbranched alkanes of at least 4 members (excludes halogenated alkanes) is 1. The molecular formula is C27H45N5O15. The molecule has 20 nitrogen and oxygen atoms in total.